The van der Waals surface area contributed by atoms with Crippen LogP contribution in [0.25, 0.3) is 0 Å². The number of Topliss-reactive ketones (excluding diaryl/α,β-unsaturated/α-hetero) is 1. The summed E-state index contributed by atoms with van der Waals surface area (Å²) < 4.78 is 0.352. The van der Waals surface area contributed by atoms with Gasteiger partial charge in [0.2, 0.25) is 0 Å². The minimum absolute atomic E-state index is 0.0499. The lowest BCUT2D eigenvalue weighted by molar-refractivity contribution is -0.384. The van der Waals surface area contributed by atoms with Gasteiger partial charge in [0.25, 0.3) is 11.6 Å². The number of hydrogen-bond acceptors (Lipinski definition) is 9. The van der Waals surface area contributed by atoms with E-state index in [1.165, 1.54) is 42.1 Å². The molecule has 2 heterocycles. The van der Waals surface area contributed by atoms with Crippen LogP contribution in [-0.2, 0) is 0 Å². The summed E-state index contributed by atoms with van der Waals surface area (Å²) in [5, 5.41) is 14.2. The Balaban J connectivity index is 1.69. The Labute approximate surface area is 189 Å². The number of anilines is 2. The van der Waals surface area contributed by atoms with Gasteiger partial charge in [-0.15, -0.1) is 11.3 Å². The molecule has 0 bridgehead atoms. The van der Waals surface area contributed by atoms with E-state index >= 15 is 0 Å². The van der Waals surface area contributed by atoms with E-state index in [1.807, 2.05) is 6.92 Å². The molecule has 3 rings (SSSR count). The van der Waals surface area contributed by atoms with Crippen LogP contribution in [-0.4, -0.2) is 31.6 Å². The predicted molar refractivity (Wildman–Crippen MR) is 119 cm³/mol. The summed E-state index contributed by atoms with van der Waals surface area (Å²) >= 11 is 4.40. The number of carbonyl (C=O) groups excluding carboxylic acids is 2. The van der Waals surface area contributed by atoms with Gasteiger partial charge >= 0.3 is 0 Å². The van der Waals surface area contributed by atoms with E-state index in [0.29, 0.717) is 25.6 Å². The highest BCUT2D eigenvalue weighted by atomic mass is 79.9. The molecule has 0 fully saturated rings. The highest BCUT2D eigenvalue weighted by Gasteiger charge is 2.22. The first kappa shape index (κ1) is 22.4. The minimum Gasteiger partial charge on any atom is -0.383 e. The van der Waals surface area contributed by atoms with Crippen LogP contribution in [0.3, 0.4) is 0 Å². The van der Waals surface area contributed by atoms with E-state index in [-0.39, 0.29) is 41.2 Å². The summed E-state index contributed by atoms with van der Waals surface area (Å²) in [6, 6.07) is 4.20. The molecule has 160 valence electrons. The van der Waals surface area contributed by atoms with Crippen molar-refractivity contribution in [3.8, 4) is 0 Å². The monoisotopic (exact) mass is 504 g/mol. The van der Waals surface area contributed by atoms with Crippen molar-refractivity contribution in [1.29, 1.82) is 0 Å². The van der Waals surface area contributed by atoms with Crippen LogP contribution >= 0.6 is 27.3 Å². The number of nitro benzene ring substituents is 1. The maximum Gasteiger partial charge on any atom is 0.269 e. The number of nitro groups is 1. The summed E-state index contributed by atoms with van der Waals surface area (Å²) in [5.41, 5.74) is 6.89. The first-order chi connectivity index (χ1) is 14.7. The smallest absolute Gasteiger partial charge is 0.269 e. The molecule has 31 heavy (non-hydrogen) atoms. The van der Waals surface area contributed by atoms with Crippen LogP contribution in [0.15, 0.2) is 35.2 Å². The van der Waals surface area contributed by atoms with Crippen molar-refractivity contribution in [3.63, 3.8) is 0 Å². The zero-order valence-corrected chi connectivity index (χ0v) is 18.9. The topological polar surface area (TPSA) is 154 Å². The van der Waals surface area contributed by atoms with E-state index in [0.717, 1.165) is 0 Å². The highest BCUT2D eigenvalue weighted by molar-refractivity contribution is 9.10. The molecule has 0 saturated carbocycles. The Hall–Kier alpha value is -3.25. The molecule has 3 N–H and O–H groups in total. The summed E-state index contributed by atoms with van der Waals surface area (Å²) in [5.74, 6) is -0.675. The number of nitrogens with zero attached hydrogens (tertiary/aromatic N) is 4. The standard InChI is InChI=1S/C19H17BrN6O4S/c1-9-5-11(26(29)30)3-4-12(9)25-18(28)14-7-22-19(31-14)10(2)6-13(27)16-15(20)17(21)24-8-23-16/h3-5,7-8,10H,6H2,1-2H3,(H,25,28)(H2,21,23,24). The maximum atomic E-state index is 12.6. The number of halogens is 1. The first-order valence-electron chi connectivity index (χ1n) is 8.98. The lowest BCUT2D eigenvalue weighted by atomic mass is 10.0. The molecule has 0 spiro atoms. The minimum atomic E-state index is -0.495. The van der Waals surface area contributed by atoms with E-state index in [4.69, 9.17) is 5.73 Å². The Kier molecular flexibility index (Phi) is 6.71. The van der Waals surface area contributed by atoms with Gasteiger partial charge in [0.05, 0.1) is 20.6 Å². The fourth-order valence-corrected chi connectivity index (χ4v) is 4.04. The lowest BCUT2D eigenvalue weighted by Gasteiger charge is -2.09. The second-order valence-corrected chi connectivity index (χ2v) is 8.58. The Bertz CT molecular complexity index is 1180. The number of nitrogens with one attached hydrogen (secondary N) is 1. The second-order valence-electron chi connectivity index (χ2n) is 6.72. The normalized spacial score (nSPS) is 11.7. The third kappa shape index (κ3) is 5.09. The molecule has 0 radical (unpaired) electrons. The van der Waals surface area contributed by atoms with Gasteiger partial charge in [-0.05, 0) is 34.5 Å². The van der Waals surface area contributed by atoms with Gasteiger partial charge in [0.1, 0.15) is 22.7 Å². The molecule has 1 amide bonds. The second kappa shape index (κ2) is 9.27. The van der Waals surface area contributed by atoms with E-state index < -0.39 is 4.92 Å². The van der Waals surface area contributed by atoms with Gasteiger partial charge in [-0.25, -0.2) is 15.0 Å². The largest absolute Gasteiger partial charge is 0.383 e. The molecule has 0 aliphatic heterocycles. The molecular weight excluding hydrogens is 488 g/mol. The van der Waals surface area contributed by atoms with Gasteiger partial charge in [0, 0.05) is 30.2 Å². The fraction of sp³-hybridized carbons (Fsp3) is 0.211. The molecule has 0 saturated heterocycles. The van der Waals surface area contributed by atoms with Crippen LogP contribution < -0.4 is 11.1 Å². The van der Waals surface area contributed by atoms with Crippen LogP contribution in [0.1, 0.15) is 50.0 Å². The van der Waals surface area contributed by atoms with E-state index in [9.17, 15) is 19.7 Å². The number of hydrogen-bond donors (Lipinski definition) is 2. The van der Waals surface area contributed by atoms with Crippen molar-refractivity contribution in [1.82, 2.24) is 15.0 Å². The number of benzene rings is 1. The van der Waals surface area contributed by atoms with Crippen LogP contribution in [0, 0.1) is 17.0 Å². The summed E-state index contributed by atoms with van der Waals surface area (Å²) in [6.07, 6.45) is 2.80. The zero-order valence-electron chi connectivity index (χ0n) is 16.5. The Morgan fingerprint density at radius 1 is 1.32 bits per heavy atom. The van der Waals surface area contributed by atoms with Crippen molar-refractivity contribution < 1.29 is 14.5 Å². The molecule has 0 aliphatic rings. The van der Waals surface area contributed by atoms with Crippen molar-refractivity contribution in [2.45, 2.75) is 26.2 Å². The van der Waals surface area contributed by atoms with Crippen LogP contribution in [0.5, 0.6) is 0 Å². The van der Waals surface area contributed by atoms with Crippen molar-refractivity contribution in [2.24, 2.45) is 0 Å². The number of aromatic nitrogens is 3. The fourth-order valence-electron chi connectivity index (χ4n) is 2.75. The quantitative estimate of drug-likeness (QED) is 0.276. The third-order valence-corrected chi connectivity index (χ3v) is 6.42. The van der Waals surface area contributed by atoms with Crippen LogP contribution in [0.2, 0.25) is 0 Å². The van der Waals surface area contributed by atoms with Crippen molar-refractivity contribution >= 4 is 56.1 Å². The summed E-state index contributed by atoms with van der Waals surface area (Å²) in [6.45, 7) is 3.50. The number of non-ortho nitro benzene ring substituents is 1. The number of rotatable bonds is 7. The number of ketones is 1. The molecule has 2 aromatic heterocycles. The van der Waals surface area contributed by atoms with Gasteiger partial charge in [-0.3, -0.25) is 19.7 Å². The molecule has 12 heteroatoms. The highest BCUT2D eigenvalue weighted by Crippen LogP contribution is 2.29. The van der Waals surface area contributed by atoms with Gasteiger partial charge in [-0.2, -0.15) is 0 Å². The average molecular weight is 505 g/mol. The summed E-state index contributed by atoms with van der Waals surface area (Å²) in [4.78, 5) is 47.9. The lowest BCUT2D eigenvalue weighted by Crippen LogP contribution is -2.11. The number of aryl methyl sites for hydroxylation is 1. The average Bonchev–Trinajstić information content (AvgIpc) is 3.22. The molecule has 0 aliphatic carbocycles. The molecule has 1 atom stereocenters. The SMILES string of the molecule is Cc1cc([N+](=O)[O-])ccc1NC(=O)c1cnc(C(C)CC(=O)c2ncnc(N)c2Br)s1. The number of amides is 1. The van der Waals surface area contributed by atoms with Gasteiger partial charge < -0.3 is 11.1 Å². The molecule has 10 nitrogen and oxygen atoms in total. The van der Waals surface area contributed by atoms with Crippen molar-refractivity contribution in [2.75, 3.05) is 11.1 Å². The van der Waals surface area contributed by atoms with E-state index in [1.54, 1.807) is 6.92 Å². The first-order valence-corrected chi connectivity index (χ1v) is 10.6. The molecular formula is C19H17BrN6O4S. The predicted octanol–water partition coefficient (Wildman–Crippen LogP) is 4.12. The number of nitrogen functional groups attached to an aromatic ring is 1. The Morgan fingerprint density at radius 2 is 2.06 bits per heavy atom. The van der Waals surface area contributed by atoms with E-state index in [2.05, 4.69) is 36.2 Å². The number of carbonyl (C=O) groups is 2. The van der Waals surface area contributed by atoms with Gasteiger partial charge in [0.15, 0.2) is 5.78 Å². The number of nitrogens with two attached hydrogens (primary N) is 1. The van der Waals surface area contributed by atoms with Crippen molar-refractivity contribution in [3.05, 3.63) is 66.5 Å². The molecule has 1 aromatic carbocycles. The third-order valence-electron chi connectivity index (χ3n) is 4.41. The molecule has 3 aromatic rings. The zero-order chi connectivity index (χ0) is 22.7. The van der Waals surface area contributed by atoms with Gasteiger partial charge in [-0.1, -0.05) is 6.92 Å². The Morgan fingerprint density at radius 3 is 2.74 bits per heavy atom. The van der Waals surface area contributed by atoms with Crippen LogP contribution in [0.4, 0.5) is 17.2 Å². The maximum absolute atomic E-state index is 12.6. The molecule has 1 unspecified atom stereocenters. The summed E-state index contributed by atoms with van der Waals surface area (Å²) in [7, 11) is 0. The number of thiazole rings is 1.